The summed E-state index contributed by atoms with van der Waals surface area (Å²) in [6, 6.07) is 6.55. The molecule has 0 atom stereocenters. The first-order valence-corrected chi connectivity index (χ1v) is 8.08. The molecule has 1 aromatic rings. The smallest absolute Gasteiger partial charge is 0.0587 e. The molecule has 2 saturated heterocycles. The van der Waals surface area contributed by atoms with Gasteiger partial charge in [-0.05, 0) is 50.9 Å². The molecule has 2 fully saturated rings. The molecule has 2 aliphatic rings. The lowest BCUT2D eigenvalue weighted by molar-refractivity contribution is 0.0250. The van der Waals surface area contributed by atoms with Gasteiger partial charge in [0.15, 0.2) is 0 Å². The lowest BCUT2D eigenvalue weighted by Crippen LogP contribution is -2.43. The second-order valence-corrected chi connectivity index (χ2v) is 5.89. The van der Waals surface area contributed by atoms with E-state index in [4.69, 9.17) is 15.7 Å². The van der Waals surface area contributed by atoms with Crippen molar-refractivity contribution < 1.29 is 4.74 Å². The van der Waals surface area contributed by atoms with Crippen LogP contribution in [0.2, 0.25) is 0 Å². The highest BCUT2D eigenvalue weighted by atomic mass is 16.5. The fourth-order valence-electron chi connectivity index (χ4n) is 3.27. The van der Waals surface area contributed by atoms with Gasteiger partial charge in [0.1, 0.15) is 0 Å². The highest BCUT2D eigenvalue weighted by Gasteiger charge is 2.27. The second-order valence-electron chi connectivity index (χ2n) is 5.89. The number of ether oxygens (including phenoxy) is 1. The maximum atomic E-state index is 7.32. The van der Waals surface area contributed by atoms with Crippen LogP contribution in [0.3, 0.4) is 0 Å². The number of anilines is 1. The van der Waals surface area contributed by atoms with Crippen LogP contribution >= 0.6 is 0 Å². The van der Waals surface area contributed by atoms with Crippen LogP contribution in [0, 0.1) is 11.3 Å². The monoisotopic (exact) mass is 302 g/mol. The van der Waals surface area contributed by atoms with Crippen LogP contribution in [-0.2, 0) is 4.74 Å². The Labute approximate surface area is 133 Å². The molecule has 0 saturated carbocycles. The van der Waals surface area contributed by atoms with E-state index in [-0.39, 0.29) is 0 Å². The van der Waals surface area contributed by atoms with E-state index in [1.54, 1.807) is 12.3 Å². The number of nitrogens with two attached hydrogens (primary N) is 1. The van der Waals surface area contributed by atoms with Crippen molar-refractivity contribution in [2.45, 2.75) is 44.6 Å². The molecule has 2 N–H and O–H groups in total. The summed E-state index contributed by atoms with van der Waals surface area (Å²) in [4.78, 5) is 7.13. The van der Waals surface area contributed by atoms with Crippen LogP contribution in [0.25, 0.3) is 0 Å². The Bertz CT molecular complexity index is 468. The molecule has 0 aliphatic carbocycles. The van der Waals surface area contributed by atoms with Crippen molar-refractivity contribution in [1.29, 1.82) is 5.26 Å². The topological polar surface area (TPSA) is 75.2 Å². The van der Waals surface area contributed by atoms with Gasteiger partial charge in [-0.25, -0.2) is 0 Å². The maximum absolute atomic E-state index is 7.32. The third-order valence-electron chi connectivity index (χ3n) is 4.46. The standard InChI is InChI=1S/C15H23N3O.C2H3N/c16-13-1-2-15(17-11-13)12-3-7-18(8-4-12)14-5-9-19-10-6-14;1-2-3/h1-2,11-12,14H,3-10,16H2;1H3. The van der Waals surface area contributed by atoms with E-state index >= 15 is 0 Å². The van der Waals surface area contributed by atoms with Crippen LogP contribution < -0.4 is 5.73 Å². The average Bonchev–Trinajstić information content (AvgIpc) is 2.57. The van der Waals surface area contributed by atoms with Crippen molar-refractivity contribution >= 4 is 5.69 Å². The fourth-order valence-corrected chi connectivity index (χ4v) is 3.27. The number of likely N-dealkylation sites (tertiary alicyclic amines) is 1. The van der Waals surface area contributed by atoms with E-state index in [1.807, 2.05) is 6.07 Å². The van der Waals surface area contributed by atoms with E-state index in [0.717, 1.165) is 24.9 Å². The minimum atomic E-state index is 0.608. The molecule has 22 heavy (non-hydrogen) atoms. The van der Waals surface area contributed by atoms with Crippen LogP contribution in [-0.4, -0.2) is 42.2 Å². The van der Waals surface area contributed by atoms with Gasteiger partial charge in [0.25, 0.3) is 0 Å². The third-order valence-corrected chi connectivity index (χ3v) is 4.46. The Hall–Kier alpha value is -1.64. The zero-order valence-corrected chi connectivity index (χ0v) is 13.4. The minimum absolute atomic E-state index is 0.608. The zero-order chi connectivity index (χ0) is 15.8. The summed E-state index contributed by atoms with van der Waals surface area (Å²) in [5.41, 5.74) is 7.66. The Morgan fingerprint density at radius 2 is 1.86 bits per heavy atom. The van der Waals surface area contributed by atoms with Gasteiger partial charge in [-0.2, -0.15) is 5.26 Å². The first kappa shape index (κ1) is 16.7. The van der Waals surface area contributed by atoms with Crippen molar-refractivity contribution in [3.05, 3.63) is 24.0 Å². The van der Waals surface area contributed by atoms with E-state index in [9.17, 15) is 0 Å². The van der Waals surface area contributed by atoms with Crippen molar-refractivity contribution in [2.24, 2.45) is 0 Å². The summed E-state index contributed by atoms with van der Waals surface area (Å²) in [5, 5.41) is 7.32. The van der Waals surface area contributed by atoms with Crippen LogP contribution in [0.1, 0.15) is 44.2 Å². The van der Waals surface area contributed by atoms with Gasteiger partial charge in [-0.3, -0.25) is 4.98 Å². The van der Waals surface area contributed by atoms with Crippen molar-refractivity contribution in [2.75, 3.05) is 32.0 Å². The number of hydrogen-bond acceptors (Lipinski definition) is 5. The van der Waals surface area contributed by atoms with Gasteiger partial charge < -0.3 is 15.4 Å². The molecule has 0 bridgehead atoms. The molecule has 0 unspecified atom stereocenters. The fraction of sp³-hybridized carbons (Fsp3) is 0.647. The van der Waals surface area contributed by atoms with Crippen molar-refractivity contribution in [1.82, 2.24) is 9.88 Å². The minimum Gasteiger partial charge on any atom is -0.397 e. The molecule has 5 nitrogen and oxygen atoms in total. The predicted octanol–water partition coefficient (Wildman–Crippen LogP) is 2.55. The van der Waals surface area contributed by atoms with Gasteiger partial charge in [0.2, 0.25) is 0 Å². The summed E-state index contributed by atoms with van der Waals surface area (Å²) in [6.07, 6.45) is 6.61. The molecule has 3 heterocycles. The summed E-state index contributed by atoms with van der Waals surface area (Å²) >= 11 is 0. The first-order valence-electron chi connectivity index (χ1n) is 8.08. The van der Waals surface area contributed by atoms with Gasteiger partial charge in [-0.15, -0.1) is 0 Å². The van der Waals surface area contributed by atoms with E-state index in [0.29, 0.717) is 5.92 Å². The van der Waals surface area contributed by atoms with Gasteiger partial charge >= 0.3 is 0 Å². The molecule has 0 aromatic carbocycles. The maximum Gasteiger partial charge on any atom is 0.0587 e. The molecule has 0 amide bonds. The highest BCUT2D eigenvalue weighted by Crippen LogP contribution is 2.29. The van der Waals surface area contributed by atoms with E-state index in [1.165, 1.54) is 51.4 Å². The van der Waals surface area contributed by atoms with Crippen LogP contribution in [0.5, 0.6) is 0 Å². The molecule has 0 spiro atoms. The number of aromatic nitrogens is 1. The van der Waals surface area contributed by atoms with E-state index < -0.39 is 0 Å². The Kier molecular flexibility index (Phi) is 6.63. The third kappa shape index (κ3) is 4.69. The molecule has 5 heteroatoms. The molecule has 2 aliphatic heterocycles. The number of pyridine rings is 1. The van der Waals surface area contributed by atoms with E-state index in [2.05, 4.69) is 16.0 Å². The first-order chi connectivity index (χ1) is 10.7. The highest BCUT2D eigenvalue weighted by molar-refractivity contribution is 5.35. The van der Waals surface area contributed by atoms with Gasteiger partial charge in [0, 0.05) is 37.8 Å². The number of nitrogen functional groups attached to an aromatic ring is 1. The Morgan fingerprint density at radius 3 is 2.41 bits per heavy atom. The molecular formula is C17H26N4O. The predicted molar refractivity (Wildman–Crippen MR) is 87.3 cm³/mol. The number of nitrogens with zero attached hydrogens (tertiary/aromatic N) is 3. The summed E-state index contributed by atoms with van der Waals surface area (Å²) < 4.78 is 5.44. The number of rotatable bonds is 2. The number of hydrogen-bond donors (Lipinski definition) is 1. The summed E-state index contributed by atoms with van der Waals surface area (Å²) in [6.45, 7) is 5.69. The normalized spacial score (nSPS) is 20.7. The van der Waals surface area contributed by atoms with Gasteiger partial charge in [0.05, 0.1) is 18.0 Å². The van der Waals surface area contributed by atoms with Crippen LogP contribution in [0.15, 0.2) is 18.3 Å². The molecule has 1 aromatic heterocycles. The van der Waals surface area contributed by atoms with Crippen molar-refractivity contribution in [3.63, 3.8) is 0 Å². The second kappa shape index (κ2) is 8.72. The lowest BCUT2D eigenvalue weighted by Gasteiger charge is -2.39. The Morgan fingerprint density at radius 1 is 1.23 bits per heavy atom. The molecule has 3 rings (SSSR count). The summed E-state index contributed by atoms with van der Waals surface area (Å²) in [7, 11) is 0. The number of piperidine rings is 1. The summed E-state index contributed by atoms with van der Waals surface area (Å²) in [5.74, 6) is 0.608. The molecular weight excluding hydrogens is 276 g/mol. The lowest BCUT2D eigenvalue weighted by atomic mass is 9.91. The molecule has 0 radical (unpaired) electrons. The van der Waals surface area contributed by atoms with Crippen molar-refractivity contribution in [3.8, 4) is 6.07 Å². The quantitative estimate of drug-likeness (QED) is 0.908. The van der Waals surface area contributed by atoms with Crippen LogP contribution in [0.4, 0.5) is 5.69 Å². The zero-order valence-electron chi connectivity index (χ0n) is 13.4. The van der Waals surface area contributed by atoms with Gasteiger partial charge in [-0.1, -0.05) is 0 Å². The molecule has 120 valence electrons. The SMILES string of the molecule is CC#N.Nc1ccc(C2CCN(C3CCOCC3)CC2)nc1. The number of nitriles is 1. The average molecular weight is 302 g/mol. The Balaban J connectivity index is 0.000000545. The largest absolute Gasteiger partial charge is 0.397 e.